The molecule has 0 aliphatic rings. The van der Waals surface area contributed by atoms with Gasteiger partial charge in [-0.25, -0.2) is 4.98 Å². The number of rotatable bonds is 7. The van der Waals surface area contributed by atoms with Crippen LogP contribution in [0.5, 0.6) is 5.75 Å². The highest BCUT2D eigenvalue weighted by Crippen LogP contribution is 2.34. The predicted molar refractivity (Wildman–Crippen MR) is 106 cm³/mol. The van der Waals surface area contributed by atoms with Crippen molar-refractivity contribution in [1.29, 1.82) is 0 Å². The van der Waals surface area contributed by atoms with Gasteiger partial charge in [0.1, 0.15) is 15.5 Å². The summed E-state index contributed by atoms with van der Waals surface area (Å²) >= 11 is 1.26. The molecule has 0 saturated carbocycles. The van der Waals surface area contributed by atoms with Crippen molar-refractivity contribution in [2.24, 2.45) is 0 Å². The SMILES string of the molecule is COc1ccc(-c2ccc3c(N)c(C(=O)NCC(OC)OC)sc3n2)cc1. The van der Waals surface area contributed by atoms with Gasteiger partial charge in [-0.2, -0.15) is 0 Å². The lowest BCUT2D eigenvalue weighted by atomic mass is 10.1. The lowest BCUT2D eigenvalue weighted by Crippen LogP contribution is -2.34. The normalized spacial score (nSPS) is 11.1. The Kier molecular flexibility index (Phi) is 5.90. The number of thiophene rings is 1. The number of hydrogen-bond acceptors (Lipinski definition) is 7. The van der Waals surface area contributed by atoms with Gasteiger partial charge in [0.25, 0.3) is 5.91 Å². The second-order valence-electron chi connectivity index (χ2n) is 5.73. The van der Waals surface area contributed by atoms with Crippen LogP contribution >= 0.6 is 11.3 Å². The number of benzene rings is 1. The Morgan fingerprint density at radius 2 is 1.85 bits per heavy atom. The average molecular weight is 387 g/mol. The number of methoxy groups -OCH3 is 3. The van der Waals surface area contributed by atoms with Crippen LogP contribution in [0.25, 0.3) is 21.5 Å². The second-order valence-corrected chi connectivity index (χ2v) is 6.73. The van der Waals surface area contributed by atoms with E-state index in [4.69, 9.17) is 19.9 Å². The Morgan fingerprint density at radius 3 is 2.48 bits per heavy atom. The van der Waals surface area contributed by atoms with Crippen LogP contribution in [-0.2, 0) is 9.47 Å². The zero-order valence-corrected chi connectivity index (χ0v) is 16.1. The third kappa shape index (κ3) is 4.02. The van der Waals surface area contributed by atoms with Gasteiger partial charge in [-0.15, -0.1) is 11.3 Å². The molecule has 0 radical (unpaired) electrons. The number of anilines is 1. The average Bonchev–Trinajstić information content (AvgIpc) is 3.04. The maximum Gasteiger partial charge on any atom is 0.263 e. The molecule has 142 valence electrons. The number of amides is 1. The first-order valence-electron chi connectivity index (χ1n) is 8.24. The van der Waals surface area contributed by atoms with Gasteiger partial charge in [0, 0.05) is 25.2 Å². The quantitative estimate of drug-likeness (QED) is 0.605. The zero-order valence-electron chi connectivity index (χ0n) is 15.3. The molecule has 1 amide bonds. The molecule has 0 fully saturated rings. The van der Waals surface area contributed by atoms with E-state index >= 15 is 0 Å². The molecule has 2 heterocycles. The number of nitrogens with one attached hydrogen (secondary N) is 1. The number of fused-ring (bicyclic) bond motifs is 1. The molecule has 2 aromatic heterocycles. The number of ether oxygens (including phenoxy) is 3. The monoisotopic (exact) mass is 387 g/mol. The second kappa shape index (κ2) is 8.34. The lowest BCUT2D eigenvalue weighted by molar-refractivity contribution is -0.0974. The topological polar surface area (TPSA) is 95.7 Å². The molecule has 0 unspecified atom stereocenters. The number of nitrogens with two attached hydrogens (primary N) is 1. The summed E-state index contributed by atoms with van der Waals surface area (Å²) in [4.78, 5) is 18.3. The van der Waals surface area contributed by atoms with E-state index < -0.39 is 6.29 Å². The molecule has 1 aromatic carbocycles. The molecule has 8 heteroatoms. The molecule has 7 nitrogen and oxygen atoms in total. The van der Waals surface area contributed by atoms with Gasteiger partial charge in [0.2, 0.25) is 0 Å². The lowest BCUT2D eigenvalue weighted by Gasteiger charge is -2.13. The summed E-state index contributed by atoms with van der Waals surface area (Å²) in [6.07, 6.45) is -0.510. The number of carbonyl (C=O) groups excluding carboxylic acids is 1. The highest BCUT2D eigenvalue weighted by molar-refractivity contribution is 7.21. The van der Waals surface area contributed by atoms with Gasteiger partial charge in [-0.3, -0.25) is 4.79 Å². The van der Waals surface area contributed by atoms with Crippen molar-refractivity contribution in [3.8, 4) is 17.0 Å². The van der Waals surface area contributed by atoms with Crippen molar-refractivity contribution >= 4 is 33.1 Å². The third-order valence-corrected chi connectivity index (χ3v) is 5.25. The maximum absolute atomic E-state index is 12.5. The number of pyridine rings is 1. The van der Waals surface area contributed by atoms with Gasteiger partial charge in [-0.05, 0) is 36.4 Å². The minimum absolute atomic E-state index is 0.226. The van der Waals surface area contributed by atoms with Gasteiger partial charge in [0.15, 0.2) is 6.29 Å². The number of aromatic nitrogens is 1. The fraction of sp³-hybridized carbons (Fsp3) is 0.263. The Balaban J connectivity index is 1.86. The molecule has 3 rings (SSSR count). The molecule has 0 atom stereocenters. The first-order chi connectivity index (χ1) is 13.1. The van der Waals surface area contributed by atoms with Crippen LogP contribution in [0, 0.1) is 0 Å². The molecule has 0 bridgehead atoms. The molecule has 0 aliphatic carbocycles. The Labute approximate surface area is 161 Å². The molecule has 0 spiro atoms. The van der Waals surface area contributed by atoms with Crippen molar-refractivity contribution in [3.63, 3.8) is 0 Å². The van der Waals surface area contributed by atoms with Crippen LogP contribution < -0.4 is 15.8 Å². The first kappa shape index (κ1) is 19.1. The van der Waals surface area contributed by atoms with Gasteiger partial charge < -0.3 is 25.3 Å². The largest absolute Gasteiger partial charge is 0.497 e. The minimum Gasteiger partial charge on any atom is -0.497 e. The van der Waals surface area contributed by atoms with Gasteiger partial charge in [-0.1, -0.05) is 0 Å². The fourth-order valence-electron chi connectivity index (χ4n) is 2.61. The number of carbonyl (C=O) groups is 1. The van der Waals surface area contributed by atoms with E-state index in [-0.39, 0.29) is 12.5 Å². The number of hydrogen-bond donors (Lipinski definition) is 2. The minimum atomic E-state index is -0.510. The highest BCUT2D eigenvalue weighted by atomic mass is 32.1. The van der Waals surface area contributed by atoms with E-state index in [1.54, 1.807) is 7.11 Å². The molecule has 3 N–H and O–H groups in total. The first-order valence-corrected chi connectivity index (χ1v) is 9.06. The standard InChI is InChI=1S/C19H21N3O4S/c1-24-12-6-4-11(5-7-12)14-9-8-13-16(20)17(27-19(13)22-14)18(23)21-10-15(25-2)26-3/h4-9,15H,10,20H2,1-3H3,(H,21,23). The van der Waals surface area contributed by atoms with E-state index in [1.165, 1.54) is 25.6 Å². The van der Waals surface area contributed by atoms with E-state index in [0.29, 0.717) is 15.4 Å². The summed E-state index contributed by atoms with van der Waals surface area (Å²) in [5.74, 6) is 0.505. The highest BCUT2D eigenvalue weighted by Gasteiger charge is 2.18. The van der Waals surface area contributed by atoms with Crippen molar-refractivity contribution in [3.05, 3.63) is 41.3 Å². The summed E-state index contributed by atoms with van der Waals surface area (Å²) in [6.45, 7) is 0.226. The summed E-state index contributed by atoms with van der Waals surface area (Å²) in [5, 5.41) is 3.52. The van der Waals surface area contributed by atoms with E-state index in [1.807, 2.05) is 36.4 Å². The van der Waals surface area contributed by atoms with Crippen LogP contribution in [0.1, 0.15) is 9.67 Å². The van der Waals surface area contributed by atoms with Crippen molar-refractivity contribution in [2.45, 2.75) is 6.29 Å². The van der Waals surface area contributed by atoms with E-state index in [9.17, 15) is 4.79 Å². The third-order valence-electron chi connectivity index (χ3n) is 4.14. The van der Waals surface area contributed by atoms with Crippen molar-refractivity contribution < 1.29 is 19.0 Å². The smallest absolute Gasteiger partial charge is 0.263 e. The Hall–Kier alpha value is -2.68. The van der Waals surface area contributed by atoms with E-state index in [2.05, 4.69) is 10.3 Å². The predicted octanol–water partition coefficient (Wildman–Crippen LogP) is 2.90. The summed E-state index contributed by atoms with van der Waals surface area (Å²) < 4.78 is 15.3. The number of nitrogen functional groups attached to an aromatic ring is 1. The molecule has 27 heavy (non-hydrogen) atoms. The van der Waals surface area contributed by atoms with Gasteiger partial charge in [0.05, 0.1) is 25.0 Å². The van der Waals surface area contributed by atoms with Crippen molar-refractivity contribution in [2.75, 3.05) is 33.6 Å². The zero-order chi connectivity index (χ0) is 19.4. The molecular formula is C19H21N3O4S. The summed E-state index contributed by atoms with van der Waals surface area (Å²) in [5.41, 5.74) is 8.35. The summed E-state index contributed by atoms with van der Waals surface area (Å²) in [6, 6.07) is 11.4. The fourth-order valence-corrected chi connectivity index (χ4v) is 3.62. The molecule has 0 saturated heterocycles. The van der Waals surface area contributed by atoms with E-state index in [0.717, 1.165) is 22.4 Å². The van der Waals surface area contributed by atoms with Crippen LogP contribution in [0.4, 0.5) is 5.69 Å². The van der Waals surface area contributed by atoms with Crippen LogP contribution in [0.2, 0.25) is 0 Å². The Bertz CT molecular complexity index is 936. The van der Waals surface area contributed by atoms with Gasteiger partial charge >= 0.3 is 0 Å². The van der Waals surface area contributed by atoms with Crippen molar-refractivity contribution in [1.82, 2.24) is 10.3 Å². The molecule has 0 aliphatic heterocycles. The number of nitrogens with zero attached hydrogens (tertiary/aromatic N) is 1. The molecular weight excluding hydrogens is 366 g/mol. The maximum atomic E-state index is 12.5. The molecule has 3 aromatic rings. The summed E-state index contributed by atoms with van der Waals surface area (Å²) in [7, 11) is 4.65. The van der Waals surface area contributed by atoms with Crippen LogP contribution in [0.3, 0.4) is 0 Å². The van der Waals surface area contributed by atoms with Crippen LogP contribution in [0.15, 0.2) is 36.4 Å². The Morgan fingerprint density at radius 1 is 1.15 bits per heavy atom. The van der Waals surface area contributed by atoms with Crippen LogP contribution in [-0.4, -0.2) is 45.1 Å².